The number of Topliss-reactive ketones (excluding diaryl/α,β-unsaturated/α-hetero) is 1. The van der Waals surface area contributed by atoms with Gasteiger partial charge in [-0.05, 0) is 39.2 Å². The standard InChI is InChI=1S/C16H32N2O2/c1-3-4-10-20-13-16-11-15(17)12-18(16)9-7-5-6-8-14(2)19/h15-16H,3-13,17H2,1-2H3/t15?,16-/m0/s1. The van der Waals surface area contributed by atoms with Crippen LogP contribution in [0.15, 0.2) is 0 Å². The second-order valence-corrected chi connectivity index (χ2v) is 6.09. The quantitative estimate of drug-likeness (QED) is 0.592. The molecule has 4 heteroatoms. The minimum atomic E-state index is 0.298. The van der Waals surface area contributed by atoms with Crippen molar-refractivity contribution in [1.82, 2.24) is 4.90 Å². The van der Waals surface area contributed by atoms with Crippen LogP contribution in [-0.2, 0) is 9.53 Å². The van der Waals surface area contributed by atoms with E-state index in [0.717, 1.165) is 64.8 Å². The van der Waals surface area contributed by atoms with Crippen LogP contribution in [0.25, 0.3) is 0 Å². The van der Waals surface area contributed by atoms with E-state index in [4.69, 9.17) is 10.5 Å². The molecule has 1 unspecified atom stereocenters. The Morgan fingerprint density at radius 2 is 2.10 bits per heavy atom. The van der Waals surface area contributed by atoms with Gasteiger partial charge < -0.3 is 15.3 Å². The topological polar surface area (TPSA) is 55.6 Å². The highest BCUT2D eigenvalue weighted by Crippen LogP contribution is 2.18. The third-order valence-electron chi connectivity index (χ3n) is 3.99. The number of unbranched alkanes of at least 4 members (excludes halogenated alkanes) is 3. The molecule has 0 aromatic rings. The molecule has 1 rings (SSSR count). The van der Waals surface area contributed by atoms with Crippen molar-refractivity contribution in [3.05, 3.63) is 0 Å². The van der Waals surface area contributed by atoms with E-state index < -0.39 is 0 Å². The van der Waals surface area contributed by atoms with Crippen LogP contribution in [0.5, 0.6) is 0 Å². The van der Waals surface area contributed by atoms with Gasteiger partial charge >= 0.3 is 0 Å². The van der Waals surface area contributed by atoms with Gasteiger partial charge in [-0.25, -0.2) is 0 Å². The fourth-order valence-corrected chi connectivity index (χ4v) is 2.80. The summed E-state index contributed by atoms with van der Waals surface area (Å²) < 4.78 is 5.75. The van der Waals surface area contributed by atoms with Gasteiger partial charge in [0.2, 0.25) is 0 Å². The van der Waals surface area contributed by atoms with Gasteiger partial charge in [-0.15, -0.1) is 0 Å². The van der Waals surface area contributed by atoms with E-state index in [1.807, 2.05) is 0 Å². The normalized spacial score (nSPS) is 23.4. The summed E-state index contributed by atoms with van der Waals surface area (Å²) in [7, 11) is 0. The number of carbonyl (C=O) groups is 1. The Kier molecular flexibility index (Phi) is 9.07. The van der Waals surface area contributed by atoms with Crippen molar-refractivity contribution in [3.8, 4) is 0 Å². The highest BCUT2D eigenvalue weighted by atomic mass is 16.5. The zero-order valence-electron chi connectivity index (χ0n) is 13.3. The lowest BCUT2D eigenvalue weighted by molar-refractivity contribution is -0.117. The van der Waals surface area contributed by atoms with Crippen molar-refractivity contribution >= 4 is 5.78 Å². The molecule has 20 heavy (non-hydrogen) atoms. The molecule has 1 aliphatic rings. The Labute approximate surface area is 124 Å². The van der Waals surface area contributed by atoms with E-state index in [0.29, 0.717) is 17.9 Å². The second kappa shape index (κ2) is 10.3. The first-order chi connectivity index (χ1) is 9.63. The number of ether oxygens (including phenoxy) is 1. The molecule has 1 fully saturated rings. The van der Waals surface area contributed by atoms with Crippen LogP contribution in [0.2, 0.25) is 0 Å². The SMILES string of the molecule is CCCCOC[C@@H]1CC(N)CN1CCCCCC(C)=O. The Morgan fingerprint density at radius 1 is 1.30 bits per heavy atom. The first kappa shape index (κ1) is 17.6. The Balaban J connectivity index is 2.15. The van der Waals surface area contributed by atoms with Gasteiger partial charge in [-0.3, -0.25) is 4.90 Å². The summed E-state index contributed by atoms with van der Waals surface area (Å²) in [5.41, 5.74) is 6.07. The summed E-state index contributed by atoms with van der Waals surface area (Å²) in [6, 6.07) is 0.793. The number of hydrogen-bond donors (Lipinski definition) is 1. The first-order valence-corrected chi connectivity index (χ1v) is 8.20. The van der Waals surface area contributed by atoms with Gasteiger partial charge in [-0.1, -0.05) is 19.8 Å². The number of ketones is 1. The third-order valence-corrected chi connectivity index (χ3v) is 3.99. The van der Waals surface area contributed by atoms with E-state index in [9.17, 15) is 4.79 Å². The number of likely N-dealkylation sites (tertiary alicyclic amines) is 1. The van der Waals surface area contributed by atoms with E-state index >= 15 is 0 Å². The van der Waals surface area contributed by atoms with E-state index in [1.54, 1.807) is 6.92 Å². The summed E-state index contributed by atoms with van der Waals surface area (Å²) in [4.78, 5) is 13.4. The zero-order chi connectivity index (χ0) is 14.8. The predicted molar refractivity (Wildman–Crippen MR) is 82.8 cm³/mol. The van der Waals surface area contributed by atoms with Crippen LogP contribution >= 0.6 is 0 Å². The van der Waals surface area contributed by atoms with Crippen molar-refractivity contribution in [1.29, 1.82) is 0 Å². The van der Waals surface area contributed by atoms with E-state index in [-0.39, 0.29) is 0 Å². The molecule has 0 aromatic carbocycles. The van der Waals surface area contributed by atoms with Crippen molar-refractivity contribution in [2.75, 3.05) is 26.3 Å². The van der Waals surface area contributed by atoms with Gasteiger partial charge in [-0.2, -0.15) is 0 Å². The van der Waals surface area contributed by atoms with Crippen LogP contribution in [0.3, 0.4) is 0 Å². The van der Waals surface area contributed by atoms with Crippen LogP contribution in [0.4, 0.5) is 0 Å². The fraction of sp³-hybridized carbons (Fsp3) is 0.938. The minimum absolute atomic E-state index is 0.298. The Hall–Kier alpha value is -0.450. The summed E-state index contributed by atoms with van der Waals surface area (Å²) in [6.07, 6.45) is 7.42. The van der Waals surface area contributed by atoms with Gasteiger partial charge in [0.1, 0.15) is 5.78 Å². The molecule has 1 aliphatic heterocycles. The molecular weight excluding hydrogens is 252 g/mol. The molecule has 0 radical (unpaired) electrons. The van der Waals surface area contributed by atoms with Crippen molar-refractivity contribution in [2.24, 2.45) is 5.73 Å². The molecule has 0 spiro atoms. The molecule has 0 bridgehead atoms. The lowest BCUT2D eigenvalue weighted by Crippen LogP contribution is -2.34. The highest BCUT2D eigenvalue weighted by molar-refractivity contribution is 5.75. The molecule has 0 amide bonds. The molecule has 4 nitrogen and oxygen atoms in total. The fourth-order valence-electron chi connectivity index (χ4n) is 2.80. The smallest absolute Gasteiger partial charge is 0.129 e. The van der Waals surface area contributed by atoms with Crippen LogP contribution in [0.1, 0.15) is 58.8 Å². The van der Waals surface area contributed by atoms with Crippen molar-refractivity contribution in [3.63, 3.8) is 0 Å². The average Bonchev–Trinajstić information content (AvgIpc) is 2.74. The predicted octanol–water partition coefficient (Wildman–Crippen LogP) is 2.35. The van der Waals surface area contributed by atoms with E-state index in [1.165, 1.54) is 6.42 Å². The Morgan fingerprint density at radius 3 is 2.80 bits per heavy atom. The molecule has 2 N–H and O–H groups in total. The van der Waals surface area contributed by atoms with Gasteiger partial charge in [0.05, 0.1) is 6.61 Å². The monoisotopic (exact) mass is 284 g/mol. The maximum Gasteiger partial charge on any atom is 0.129 e. The van der Waals surface area contributed by atoms with Crippen LogP contribution in [0, 0.1) is 0 Å². The molecule has 1 heterocycles. The summed E-state index contributed by atoms with van der Waals surface area (Å²) in [5.74, 6) is 0.301. The zero-order valence-corrected chi connectivity index (χ0v) is 13.3. The molecule has 1 saturated heterocycles. The first-order valence-electron chi connectivity index (χ1n) is 8.20. The molecule has 2 atom stereocenters. The lowest BCUT2D eigenvalue weighted by Gasteiger charge is -2.24. The van der Waals surface area contributed by atoms with Gasteiger partial charge in [0, 0.05) is 31.7 Å². The number of carbonyl (C=O) groups excluding carboxylic acids is 1. The summed E-state index contributed by atoms with van der Waals surface area (Å²) in [6.45, 7) is 7.63. The number of nitrogens with zero attached hydrogens (tertiary/aromatic N) is 1. The van der Waals surface area contributed by atoms with Crippen molar-refractivity contribution in [2.45, 2.75) is 70.9 Å². The van der Waals surface area contributed by atoms with Gasteiger partial charge in [0.25, 0.3) is 0 Å². The molecule has 0 saturated carbocycles. The highest BCUT2D eigenvalue weighted by Gasteiger charge is 2.29. The molecule has 0 aromatic heterocycles. The van der Waals surface area contributed by atoms with Crippen molar-refractivity contribution < 1.29 is 9.53 Å². The second-order valence-electron chi connectivity index (χ2n) is 6.09. The van der Waals surface area contributed by atoms with Crippen LogP contribution in [-0.4, -0.2) is 49.1 Å². The number of hydrogen-bond acceptors (Lipinski definition) is 4. The average molecular weight is 284 g/mol. The van der Waals surface area contributed by atoms with Crippen LogP contribution < -0.4 is 5.73 Å². The van der Waals surface area contributed by atoms with Gasteiger partial charge in [0.15, 0.2) is 0 Å². The number of rotatable bonds is 11. The van der Waals surface area contributed by atoms with E-state index in [2.05, 4.69) is 11.8 Å². The maximum absolute atomic E-state index is 10.9. The summed E-state index contributed by atoms with van der Waals surface area (Å²) in [5, 5.41) is 0. The molecular formula is C16H32N2O2. The Bertz CT molecular complexity index is 271. The number of nitrogens with two attached hydrogens (primary N) is 1. The third kappa shape index (κ3) is 7.36. The lowest BCUT2D eigenvalue weighted by atomic mass is 10.1. The maximum atomic E-state index is 10.9. The molecule has 118 valence electrons. The largest absolute Gasteiger partial charge is 0.380 e. The summed E-state index contributed by atoms with van der Waals surface area (Å²) >= 11 is 0. The molecule has 0 aliphatic carbocycles. The minimum Gasteiger partial charge on any atom is -0.380 e.